The second-order valence-corrected chi connectivity index (χ2v) is 5.19. The van der Waals surface area contributed by atoms with Crippen molar-refractivity contribution in [3.8, 4) is 11.1 Å². The van der Waals surface area contributed by atoms with Gasteiger partial charge in [0.1, 0.15) is 0 Å². The predicted octanol–water partition coefficient (Wildman–Crippen LogP) is 4.48. The number of benzene rings is 1. The molecule has 1 aromatic heterocycles. The van der Waals surface area contributed by atoms with E-state index in [0.717, 1.165) is 6.07 Å². The number of pyridine rings is 1. The SMILES string of the molecule is O=C(O)Cc1nc(F)ccc1-c1c(Cl)cc(Cl)cc1Cl. The molecule has 0 saturated heterocycles. The minimum Gasteiger partial charge on any atom is -0.481 e. The summed E-state index contributed by atoms with van der Waals surface area (Å²) < 4.78 is 13.2. The fourth-order valence-corrected chi connectivity index (χ4v) is 2.80. The van der Waals surface area contributed by atoms with Crippen LogP contribution in [0.5, 0.6) is 0 Å². The first-order chi connectivity index (χ1) is 9.38. The van der Waals surface area contributed by atoms with Gasteiger partial charge in [0.2, 0.25) is 5.95 Å². The van der Waals surface area contributed by atoms with E-state index >= 15 is 0 Å². The van der Waals surface area contributed by atoms with Crippen LogP contribution in [-0.4, -0.2) is 16.1 Å². The molecule has 0 aliphatic heterocycles. The average molecular weight is 335 g/mol. The number of hydrogen-bond donors (Lipinski definition) is 1. The van der Waals surface area contributed by atoms with Crippen molar-refractivity contribution in [3.63, 3.8) is 0 Å². The third kappa shape index (κ3) is 3.20. The summed E-state index contributed by atoms with van der Waals surface area (Å²) in [4.78, 5) is 14.4. The molecule has 0 fully saturated rings. The Kier molecular flexibility index (Phi) is 4.48. The van der Waals surface area contributed by atoms with Crippen LogP contribution in [0.15, 0.2) is 24.3 Å². The van der Waals surface area contributed by atoms with Gasteiger partial charge >= 0.3 is 5.97 Å². The third-order valence-corrected chi connectivity index (χ3v) is 3.35. The molecule has 0 radical (unpaired) electrons. The Morgan fingerprint density at radius 2 is 1.80 bits per heavy atom. The maximum Gasteiger partial charge on any atom is 0.309 e. The summed E-state index contributed by atoms with van der Waals surface area (Å²) in [6.07, 6.45) is -0.442. The molecule has 1 N–H and O–H groups in total. The van der Waals surface area contributed by atoms with Gasteiger partial charge in [-0.25, -0.2) is 4.98 Å². The second kappa shape index (κ2) is 5.95. The summed E-state index contributed by atoms with van der Waals surface area (Å²) >= 11 is 18.0. The standard InChI is InChI=1S/C13H7Cl3FNO2/c14-6-3-8(15)13(9(16)4-6)7-1-2-11(17)18-10(7)5-12(19)20/h1-4H,5H2,(H,19,20). The lowest BCUT2D eigenvalue weighted by molar-refractivity contribution is -0.136. The van der Waals surface area contributed by atoms with E-state index in [2.05, 4.69) is 4.98 Å². The minimum atomic E-state index is -1.13. The van der Waals surface area contributed by atoms with Crippen molar-refractivity contribution in [2.45, 2.75) is 6.42 Å². The van der Waals surface area contributed by atoms with Crippen molar-refractivity contribution in [2.24, 2.45) is 0 Å². The Bertz CT molecular complexity index is 668. The number of rotatable bonds is 3. The van der Waals surface area contributed by atoms with Crippen LogP contribution in [0.1, 0.15) is 5.69 Å². The monoisotopic (exact) mass is 333 g/mol. The highest BCUT2D eigenvalue weighted by Crippen LogP contribution is 2.38. The lowest BCUT2D eigenvalue weighted by Gasteiger charge is -2.11. The Morgan fingerprint density at radius 3 is 2.35 bits per heavy atom. The molecule has 0 amide bonds. The number of aliphatic carboxylic acids is 1. The molecule has 0 spiro atoms. The Hall–Kier alpha value is -1.36. The van der Waals surface area contributed by atoms with Gasteiger partial charge in [-0.2, -0.15) is 4.39 Å². The normalized spacial score (nSPS) is 10.6. The van der Waals surface area contributed by atoms with E-state index in [1.807, 2.05) is 0 Å². The molecule has 0 aliphatic carbocycles. The summed E-state index contributed by atoms with van der Waals surface area (Å²) in [5.41, 5.74) is 0.783. The van der Waals surface area contributed by atoms with Gasteiger partial charge in [-0.1, -0.05) is 34.8 Å². The molecule has 0 unspecified atom stereocenters. The molecule has 0 aliphatic rings. The zero-order valence-corrected chi connectivity index (χ0v) is 12.1. The van der Waals surface area contributed by atoms with Crippen LogP contribution in [0.2, 0.25) is 15.1 Å². The smallest absolute Gasteiger partial charge is 0.309 e. The number of aromatic nitrogens is 1. The lowest BCUT2D eigenvalue weighted by Crippen LogP contribution is -2.06. The summed E-state index contributed by atoms with van der Waals surface area (Å²) in [5.74, 6) is -1.91. The second-order valence-electron chi connectivity index (χ2n) is 3.94. The van der Waals surface area contributed by atoms with Crippen LogP contribution in [0.4, 0.5) is 4.39 Å². The Labute approximate surface area is 128 Å². The molecule has 20 heavy (non-hydrogen) atoms. The number of halogens is 4. The number of nitrogens with zero attached hydrogens (tertiary/aromatic N) is 1. The van der Waals surface area contributed by atoms with Crippen LogP contribution in [0.3, 0.4) is 0 Å². The van der Waals surface area contributed by atoms with Crippen LogP contribution in [0.25, 0.3) is 11.1 Å². The van der Waals surface area contributed by atoms with Crippen molar-refractivity contribution in [2.75, 3.05) is 0 Å². The van der Waals surface area contributed by atoms with E-state index in [0.29, 0.717) is 16.1 Å². The highest BCUT2D eigenvalue weighted by atomic mass is 35.5. The van der Waals surface area contributed by atoms with E-state index in [4.69, 9.17) is 39.9 Å². The van der Waals surface area contributed by atoms with Gasteiger partial charge in [0.25, 0.3) is 0 Å². The first kappa shape index (κ1) is 15.0. The Morgan fingerprint density at radius 1 is 1.20 bits per heavy atom. The van der Waals surface area contributed by atoms with Crippen molar-refractivity contribution < 1.29 is 14.3 Å². The molecule has 1 heterocycles. The predicted molar refractivity (Wildman–Crippen MR) is 76.0 cm³/mol. The number of hydrogen-bond acceptors (Lipinski definition) is 2. The first-order valence-corrected chi connectivity index (χ1v) is 6.54. The van der Waals surface area contributed by atoms with Gasteiger partial charge in [0.05, 0.1) is 22.2 Å². The van der Waals surface area contributed by atoms with Gasteiger partial charge < -0.3 is 5.11 Å². The molecular formula is C13H7Cl3FNO2. The van der Waals surface area contributed by atoms with Crippen LogP contribution < -0.4 is 0 Å². The molecule has 2 aromatic rings. The number of carboxylic acids is 1. The highest BCUT2D eigenvalue weighted by Gasteiger charge is 2.17. The molecule has 3 nitrogen and oxygen atoms in total. The van der Waals surface area contributed by atoms with Gasteiger partial charge in [-0.3, -0.25) is 4.79 Å². The fourth-order valence-electron chi connectivity index (χ4n) is 1.78. The summed E-state index contributed by atoms with van der Waals surface area (Å²) in [6, 6.07) is 5.44. The van der Waals surface area contributed by atoms with E-state index in [9.17, 15) is 9.18 Å². The van der Waals surface area contributed by atoms with Crippen molar-refractivity contribution in [1.29, 1.82) is 0 Å². The van der Waals surface area contributed by atoms with Crippen LogP contribution >= 0.6 is 34.8 Å². The van der Waals surface area contributed by atoms with E-state index in [1.54, 1.807) is 0 Å². The number of carboxylic acid groups (broad SMARTS) is 1. The van der Waals surface area contributed by atoms with Crippen LogP contribution in [0, 0.1) is 5.95 Å². The fraction of sp³-hybridized carbons (Fsp3) is 0.0769. The largest absolute Gasteiger partial charge is 0.481 e. The molecule has 7 heteroatoms. The molecule has 0 saturated carbocycles. The number of carbonyl (C=O) groups is 1. The molecule has 2 rings (SSSR count). The zero-order valence-electron chi connectivity index (χ0n) is 9.83. The summed E-state index contributed by atoms with van der Waals surface area (Å²) in [7, 11) is 0. The minimum absolute atomic E-state index is 0.0450. The van der Waals surface area contributed by atoms with Crippen LogP contribution in [-0.2, 0) is 11.2 Å². The molecule has 0 bridgehead atoms. The van der Waals surface area contributed by atoms with Crippen molar-refractivity contribution >= 4 is 40.8 Å². The average Bonchev–Trinajstić information content (AvgIpc) is 2.29. The van der Waals surface area contributed by atoms with Gasteiger partial charge in [-0.15, -0.1) is 0 Å². The van der Waals surface area contributed by atoms with E-state index < -0.39 is 18.3 Å². The maximum absolute atomic E-state index is 13.2. The molecule has 104 valence electrons. The van der Waals surface area contributed by atoms with Gasteiger partial charge in [0, 0.05) is 16.1 Å². The summed E-state index contributed by atoms with van der Waals surface area (Å²) in [6.45, 7) is 0. The van der Waals surface area contributed by atoms with Gasteiger partial charge in [-0.05, 0) is 24.3 Å². The third-order valence-electron chi connectivity index (χ3n) is 2.54. The quantitative estimate of drug-likeness (QED) is 0.842. The van der Waals surface area contributed by atoms with Crippen molar-refractivity contribution in [3.05, 3.63) is 51.0 Å². The highest BCUT2D eigenvalue weighted by molar-refractivity contribution is 6.41. The Balaban J connectivity index is 2.66. The lowest BCUT2D eigenvalue weighted by atomic mass is 10.0. The molecule has 0 atom stereocenters. The molecular weight excluding hydrogens is 328 g/mol. The molecule has 1 aromatic carbocycles. The maximum atomic E-state index is 13.2. The topological polar surface area (TPSA) is 50.2 Å². The van der Waals surface area contributed by atoms with E-state index in [-0.39, 0.29) is 15.7 Å². The zero-order chi connectivity index (χ0) is 14.9. The van der Waals surface area contributed by atoms with Gasteiger partial charge in [0.15, 0.2) is 0 Å². The van der Waals surface area contributed by atoms with E-state index in [1.165, 1.54) is 18.2 Å². The summed E-state index contributed by atoms with van der Waals surface area (Å²) in [5, 5.41) is 9.69. The first-order valence-electron chi connectivity index (χ1n) is 5.40. The van der Waals surface area contributed by atoms with Crippen molar-refractivity contribution in [1.82, 2.24) is 4.98 Å².